The summed E-state index contributed by atoms with van der Waals surface area (Å²) < 4.78 is 0. The molecule has 0 amide bonds. The van der Waals surface area contributed by atoms with Gasteiger partial charge in [0.2, 0.25) is 0 Å². The minimum absolute atomic E-state index is 0.440. The Morgan fingerprint density at radius 2 is 1.58 bits per heavy atom. The van der Waals surface area contributed by atoms with Crippen molar-refractivity contribution in [2.45, 2.75) is 20.8 Å². The summed E-state index contributed by atoms with van der Waals surface area (Å²) in [4.78, 5) is 0.440. The quantitative estimate of drug-likeness (QED) is 0.828. The molecule has 2 aromatic carbocycles. The fraction of sp³-hybridized carbons (Fsp3) is 0.188. The summed E-state index contributed by atoms with van der Waals surface area (Å²) in [5, 5.41) is 3.41. The summed E-state index contributed by atoms with van der Waals surface area (Å²) in [6, 6.07) is 12.4. The van der Waals surface area contributed by atoms with E-state index < -0.39 is 0 Å². The first kappa shape index (κ1) is 13.6. The summed E-state index contributed by atoms with van der Waals surface area (Å²) in [6.07, 6.45) is 0. The van der Waals surface area contributed by atoms with E-state index in [0.717, 1.165) is 22.5 Å². The normalized spacial score (nSPS) is 10.3. The molecule has 0 aliphatic rings. The van der Waals surface area contributed by atoms with E-state index in [-0.39, 0.29) is 0 Å². The Morgan fingerprint density at radius 3 is 2.11 bits per heavy atom. The molecule has 98 valence electrons. The molecular formula is C16H18N2S. The third-order valence-corrected chi connectivity index (χ3v) is 3.22. The van der Waals surface area contributed by atoms with Gasteiger partial charge in [-0.15, -0.1) is 0 Å². The Bertz CT molecular complexity index is 612. The lowest BCUT2D eigenvalue weighted by atomic mass is 10.1. The molecule has 2 aromatic rings. The number of hydrogen-bond donors (Lipinski definition) is 2. The summed E-state index contributed by atoms with van der Waals surface area (Å²) in [5.41, 5.74) is 12.3. The van der Waals surface area contributed by atoms with Crippen LogP contribution in [0.4, 0.5) is 11.4 Å². The SMILES string of the molecule is Cc1cc(C)cc(Nc2ccc(C(N)=S)c(C)c2)c1. The van der Waals surface area contributed by atoms with Gasteiger partial charge in [0.15, 0.2) is 0 Å². The predicted octanol–water partition coefficient (Wildman–Crippen LogP) is 3.99. The third-order valence-electron chi connectivity index (χ3n) is 3.00. The first-order valence-electron chi connectivity index (χ1n) is 6.21. The molecule has 0 saturated heterocycles. The molecule has 0 unspecified atom stereocenters. The van der Waals surface area contributed by atoms with Gasteiger partial charge in [0.05, 0.1) is 0 Å². The van der Waals surface area contributed by atoms with Crippen molar-refractivity contribution in [2.24, 2.45) is 5.73 Å². The van der Waals surface area contributed by atoms with Crippen molar-refractivity contribution in [3.8, 4) is 0 Å². The maximum Gasteiger partial charge on any atom is 0.104 e. The number of hydrogen-bond acceptors (Lipinski definition) is 2. The van der Waals surface area contributed by atoms with Crippen LogP contribution in [0.1, 0.15) is 22.3 Å². The van der Waals surface area contributed by atoms with E-state index in [4.69, 9.17) is 18.0 Å². The van der Waals surface area contributed by atoms with Crippen LogP contribution in [-0.4, -0.2) is 4.99 Å². The van der Waals surface area contributed by atoms with Crippen molar-refractivity contribution in [1.82, 2.24) is 0 Å². The van der Waals surface area contributed by atoms with Gasteiger partial charge < -0.3 is 11.1 Å². The smallest absolute Gasteiger partial charge is 0.104 e. The summed E-state index contributed by atoms with van der Waals surface area (Å²) in [6.45, 7) is 6.21. The molecule has 0 bridgehead atoms. The molecule has 0 aliphatic carbocycles. The average molecular weight is 270 g/mol. The zero-order valence-electron chi connectivity index (χ0n) is 11.4. The van der Waals surface area contributed by atoms with Crippen molar-refractivity contribution in [3.63, 3.8) is 0 Å². The minimum Gasteiger partial charge on any atom is -0.389 e. The second-order valence-electron chi connectivity index (χ2n) is 4.90. The van der Waals surface area contributed by atoms with Gasteiger partial charge in [-0.05, 0) is 67.8 Å². The summed E-state index contributed by atoms with van der Waals surface area (Å²) in [7, 11) is 0. The Hall–Kier alpha value is -1.87. The van der Waals surface area contributed by atoms with E-state index in [1.54, 1.807) is 0 Å². The Morgan fingerprint density at radius 1 is 0.947 bits per heavy atom. The largest absolute Gasteiger partial charge is 0.389 e. The van der Waals surface area contributed by atoms with Crippen LogP contribution in [0, 0.1) is 20.8 Å². The van der Waals surface area contributed by atoms with Crippen LogP contribution in [0.15, 0.2) is 36.4 Å². The fourth-order valence-electron chi connectivity index (χ4n) is 2.23. The van der Waals surface area contributed by atoms with E-state index in [0.29, 0.717) is 4.99 Å². The average Bonchev–Trinajstić information content (AvgIpc) is 2.26. The molecule has 0 atom stereocenters. The molecule has 0 fully saturated rings. The van der Waals surface area contributed by atoms with Crippen LogP contribution >= 0.6 is 12.2 Å². The van der Waals surface area contributed by atoms with Crippen LogP contribution in [0.3, 0.4) is 0 Å². The maximum atomic E-state index is 5.67. The highest BCUT2D eigenvalue weighted by atomic mass is 32.1. The van der Waals surface area contributed by atoms with E-state index in [2.05, 4.69) is 43.4 Å². The monoisotopic (exact) mass is 270 g/mol. The van der Waals surface area contributed by atoms with E-state index in [1.165, 1.54) is 11.1 Å². The maximum absolute atomic E-state index is 5.67. The van der Waals surface area contributed by atoms with Gasteiger partial charge in [0.1, 0.15) is 4.99 Å². The summed E-state index contributed by atoms with van der Waals surface area (Å²) >= 11 is 5.01. The zero-order chi connectivity index (χ0) is 14.0. The number of nitrogens with two attached hydrogens (primary N) is 1. The Balaban J connectivity index is 2.28. The molecule has 0 saturated carbocycles. The van der Waals surface area contributed by atoms with Gasteiger partial charge in [-0.3, -0.25) is 0 Å². The lowest BCUT2D eigenvalue weighted by Gasteiger charge is -2.11. The van der Waals surface area contributed by atoms with Crippen LogP contribution in [0.5, 0.6) is 0 Å². The molecule has 2 rings (SSSR count). The third kappa shape index (κ3) is 3.32. The van der Waals surface area contributed by atoms with E-state index >= 15 is 0 Å². The molecule has 3 N–H and O–H groups in total. The van der Waals surface area contributed by atoms with Crippen LogP contribution in [-0.2, 0) is 0 Å². The molecule has 3 heteroatoms. The Kier molecular flexibility index (Phi) is 3.86. The van der Waals surface area contributed by atoms with Crippen molar-refractivity contribution < 1.29 is 0 Å². The lowest BCUT2D eigenvalue weighted by molar-refractivity contribution is 1.37. The first-order valence-corrected chi connectivity index (χ1v) is 6.62. The molecule has 2 nitrogen and oxygen atoms in total. The fourth-order valence-corrected chi connectivity index (χ4v) is 2.46. The van der Waals surface area contributed by atoms with Gasteiger partial charge in [-0.25, -0.2) is 0 Å². The zero-order valence-corrected chi connectivity index (χ0v) is 12.3. The number of aryl methyl sites for hydroxylation is 3. The van der Waals surface area contributed by atoms with Gasteiger partial charge in [0, 0.05) is 16.9 Å². The second kappa shape index (κ2) is 5.41. The van der Waals surface area contributed by atoms with Gasteiger partial charge in [0.25, 0.3) is 0 Å². The molecule has 0 aliphatic heterocycles. The molecule has 0 spiro atoms. The highest BCUT2D eigenvalue weighted by molar-refractivity contribution is 7.80. The van der Waals surface area contributed by atoms with E-state index in [1.807, 2.05) is 19.1 Å². The lowest BCUT2D eigenvalue weighted by Crippen LogP contribution is -2.11. The van der Waals surface area contributed by atoms with Crippen molar-refractivity contribution >= 4 is 28.6 Å². The highest BCUT2D eigenvalue weighted by Crippen LogP contribution is 2.22. The number of rotatable bonds is 3. The highest BCUT2D eigenvalue weighted by Gasteiger charge is 2.03. The van der Waals surface area contributed by atoms with Crippen molar-refractivity contribution in [3.05, 3.63) is 58.7 Å². The number of thiocarbonyl (C=S) groups is 1. The molecule has 0 radical (unpaired) electrons. The topological polar surface area (TPSA) is 38.0 Å². The number of nitrogens with one attached hydrogen (secondary N) is 1. The van der Waals surface area contributed by atoms with Crippen LogP contribution in [0.25, 0.3) is 0 Å². The first-order chi connectivity index (χ1) is 8.95. The molecule has 0 heterocycles. The minimum atomic E-state index is 0.440. The number of anilines is 2. The molecule has 19 heavy (non-hydrogen) atoms. The van der Waals surface area contributed by atoms with Gasteiger partial charge in [-0.2, -0.15) is 0 Å². The molecular weight excluding hydrogens is 252 g/mol. The van der Waals surface area contributed by atoms with Crippen molar-refractivity contribution in [1.29, 1.82) is 0 Å². The van der Waals surface area contributed by atoms with Gasteiger partial charge >= 0.3 is 0 Å². The molecule has 0 aromatic heterocycles. The summed E-state index contributed by atoms with van der Waals surface area (Å²) in [5.74, 6) is 0. The second-order valence-corrected chi connectivity index (χ2v) is 5.34. The van der Waals surface area contributed by atoms with Crippen molar-refractivity contribution in [2.75, 3.05) is 5.32 Å². The Labute approximate surface area is 119 Å². The number of benzene rings is 2. The van der Waals surface area contributed by atoms with Gasteiger partial charge in [-0.1, -0.05) is 18.3 Å². The van der Waals surface area contributed by atoms with E-state index in [9.17, 15) is 0 Å². The standard InChI is InChI=1S/C16H18N2S/c1-10-6-11(2)8-14(7-10)18-13-4-5-15(16(17)19)12(3)9-13/h4-9,18H,1-3H3,(H2,17,19). The van der Waals surface area contributed by atoms with Crippen LogP contribution < -0.4 is 11.1 Å². The van der Waals surface area contributed by atoms with Crippen LogP contribution in [0.2, 0.25) is 0 Å². The predicted molar refractivity (Wildman–Crippen MR) is 86.3 cm³/mol.